The predicted molar refractivity (Wildman–Crippen MR) is 72.4 cm³/mol. The topological polar surface area (TPSA) is 68.0 Å². The fraction of sp³-hybridized carbons (Fsp3) is 0.0769. The number of benzene rings is 1. The number of hydrogen-bond acceptors (Lipinski definition) is 4. The van der Waals surface area contributed by atoms with Gasteiger partial charge in [0.25, 0.3) is 0 Å². The maximum atomic E-state index is 13.4. The lowest BCUT2D eigenvalue weighted by Crippen LogP contribution is -2.15. The lowest BCUT2D eigenvalue weighted by atomic mass is 10.2. The second-order valence-electron chi connectivity index (χ2n) is 4.33. The van der Waals surface area contributed by atoms with Crippen molar-refractivity contribution in [2.24, 2.45) is 0 Å². The summed E-state index contributed by atoms with van der Waals surface area (Å²) in [5.74, 6) is -2.69. The van der Waals surface area contributed by atoms with Gasteiger partial charge in [0.2, 0.25) is 11.2 Å². The van der Waals surface area contributed by atoms with Gasteiger partial charge in [0, 0.05) is 17.1 Å². The van der Waals surface area contributed by atoms with Crippen molar-refractivity contribution in [2.75, 3.05) is 0 Å². The molecule has 3 aromatic rings. The van der Waals surface area contributed by atoms with Gasteiger partial charge in [-0.15, -0.1) is 11.3 Å². The summed E-state index contributed by atoms with van der Waals surface area (Å²) in [5.41, 5.74) is -0.000198. The Morgan fingerprint density at radius 2 is 2.00 bits per heavy atom. The van der Waals surface area contributed by atoms with E-state index in [1.165, 1.54) is 4.40 Å². The summed E-state index contributed by atoms with van der Waals surface area (Å²) in [4.78, 5) is 23.2. The highest BCUT2D eigenvalue weighted by atomic mass is 32.1. The van der Waals surface area contributed by atoms with Crippen molar-refractivity contribution in [3.63, 3.8) is 0 Å². The first kappa shape index (κ1) is 13.5. The van der Waals surface area contributed by atoms with Crippen LogP contribution in [0.5, 0.6) is 5.75 Å². The van der Waals surface area contributed by atoms with Crippen LogP contribution in [0.1, 0.15) is 5.69 Å². The number of rotatable bonds is 1. The third-order valence-corrected chi connectivity index (χ3v) is 4.06. The zero-order valence-electron chi connectivity index (χ0n) is 10.5. The monoisotopic (exact) mass is 311 g/mol. The summed E-state index contributed by atoms with van der Waals surface area (Å²) in [6.45, 7) is 1.69. The standard InChI is InChI=1S/C13H7F2NO4S/c1-5-4-21-12-11(20-13(18)19)10(17)6-2-7(14)8(15)3-9(6)16(5)12/h2-4H,1H3,(H,18,19). The van der Waals surface area contributed by atoms with Gasteiger partial charge < -0.3 is 14.2 Å². The summed E-state index contributed by atoms with van der Waals surface area (Å²) < 4.78 is 32.8. The smallest absolute Gasteiger partial charge is 0.449 e. The number of halogens is 2. The van der Waals surface area contributed by atoms with E-state index in [9.17, 15) is 18.4 Å². The first-order valence-corrected chi connectivity index (χ1v) is 6.60. The van der Waals surface area contributed by atoms with Crippen LogP contribution in [0.4, 0.5) is 13.6 Å². The third kappa shape index (κ3) is 1.95. The Labute approximate surface area is 119 Å². The molecule has 0 saturated carbocycles. The number of thiazole rings is 1. The first-order valence-electron chi connectivity index (χ1n) is 5.72. The van der Waals surface area contributed by atoms with Crippen LogP contribution in [0.3, 0.4) is 0 Å². The number of fused-ring (bicyclic) bond motifs is 3. The van der Waals surface area contributed by atoms with Crippen molar-refractivity contribution in [1.29, 1.82) is 0 Å². The molecule has 0 saturated heterocycles. The molecule has 21 heavy (non-hydrogen) atoms. The summed E-state index contributed by atoms with van der Waals surface area (Å²) in [6, 6.07) is 1.65. The Bertz CT molecular complexity index is 960. The molecular weight excluding hydrogens is 304 g/mol. The Hall–Kier alpha value is -2.48. The highest BCUT2D eigenvalue weighted by molar-refractivity contribution is 7.16. The van der Waals surface area contributed by atoms with Gasteiger partial charge in [-0.3, -0.25) is 4.79 Å². The van der Waals surface area contributed by atoms with Gasteiger partial charge in [0.1, 0.15) is 4.83 Å². The average molecular weight is 311 g/mol. The summed E-state index contributed by atoms with van der Waals surface area (Å²) in [6.07, 6.45) is -1.65. The van der Waals surface area contributed by atoms with Gasteiger partial charge >= 0.3 is 6.16 Å². The van der Waals surface area contributed by atoms with Crippen LogP contribution in [0, 0.1) is 18.6 Å². The number of carboxylic acid groups (broad SMARTS) is 1. The van der Waals surface area contributed by atoms with Crippen molar-refractivity contribution in [3.05, 3.63) is 45.1 Å². The van der Waals surface area contributed by atoms with E-state index in [0.717, 1.165) is 23.5 Å². The van der Waals surface area contributed by atoms with Gasteiger partial charge in [-0.2, -0.15) is 0 Å². The van der Waals surface area contributed by atoms with E-state index in [0.29, 0.717) is 5.69 Å². The molecule has 0 atom stereocenters. The van der Waals surface area contributed by atoms with Crippen molar-refractivity contribution in [3.8, 4) is 5.75 Å². The van der Waals surface area contributed by atoms with Crippen LogP contribution in [-0.4, -0.2) is 15.7 Å². The van der Waals surface area contributed by atoms with Crippen LogP contribution in [0.15, 0.2) is 22.3 Å². The highest BCUT2D eigenvalue weighted by Gasteiger charge is 2.20. The molecule has 0 unspecified atom stereocenters. The Morgan fingerprint density at radius 1 is 1.33 bits per heavy atom. The maximum Gasteiger partial charge on any atom is 0.511 e. The molecule has 5 nitrogen and oxygen atoms in total. The van der Waals surface area contributed by atoms with Crippen LogP contribution in [0.25, 0.3) is 15.7 Å². The molecule has 0 fully saturated rings. The quantitative estimate of drug-likeness (QED) is 0.701. The third-order valence-electron chi connectivity index (χ3n) is 3.01. The molecule has 0 bridgehead atoms. The number of ether oxygens (including phenoxy) is 1. The van der Waals surface area contributed by atoms with Crippen molar-refractivity contribution in [2.45, 2.75) is 6.92 Å². The molecule has 0 aliphatic carbocycles. The van der Waals surface area contributed by atoms with E-state index in [1.54, 1.807) is 12.3 Å². The Morgan fingerprint density at radius 3 is 2.67 bits per heavy atom. The molecule has 3 rings (SSSR count). The molecule has 0 aliphatic rings. The number of carbonyl (C=O) groups is 1. The predicted octanol–water partition coefficient (Wildman–Crippen LogP) is 3.16. The lowest BCUT2D eigenvalue weighted by molar-refractivity contribution is 0.144. The zero-order chi connectivity index (χ0) is 15.3. The number of pyridine rings is 1. The molecule has 2 heterocycles. The maximum absolute atomic E-state index is 13.4. The first-order chi connectivity index (χ1) is 9.90. The summed E-state index contributed by atoms with van der Waals surface area (Å²) in [7, 11) is 0. The molecule has 8 heteroatoms. The van der Waals surface area contributed by atoms with Gasteiger partial charge in [0.05, 0.1) is 10.9 Å². The zero-order valence-corrected chi connectivity index (χ0v) is 11.3. The largest absolute Gasteiger partial charge is 0.511 e. The number of hydrogen-bond donors (Lipinski definition) is 1. The van der Waals surface area contributed by atoms with Gasteiger partial charge in [0.15, 0.2) is 11.6 Å². The van der Waals surface area contributed by atoms with E-state index < -0.39 is 29.0 Å². The molecule has 0 radical (unpaired) electrons. The van der Waals surface area contributed by atoms with E-state index in [2.05, 4.69) is 4.74 Å². The molecule has 0 amide bonds. The number of aromatic nitrogens is 1. The molecule has 108 valence electrons. The lowest BCUT2D eigenvalue weighted by Gasteiger charge is -2.08. The van der Waals surface area contributed by atoms with E-state index in [1.807, 2.05) is 0 Å². The normalized spacial score (nSPS) is 11.2. The van der Waals surface area contributed by atoms with Crippen LogP contribution in [0.2, 0.25) is 0 Å². The molecule has 2 aromatic heterocycles. The van der Waals surface area contributed by atoms with Gasteiger partial charge in [-0.1, -0.05) is 0 Å². The Balaban J connectivity index is 2.58. The number of aryl methyl sites for hydroxylation is 1. The number of nitrogens with zero attached hydrogens (tertiary/aromatic N) is 1. The Kier molecular flexibility index (Phi) is 2.91. The highest BCUT2D eigenvalue weighted by Crippen LogP contribution is 2.29. The summed E-state index contributed by atoms with van der Waals surface area (Å²) >= 11 is 1.08. The second-order valence-corrected chi connectivity index (χ2v) is 5.19. The molecule has 0 spiro atoms. The SMILES string of the molecule is Cc1csc2c(OC(=O)O)c(=O)c3cc(F)c(F)cc3n12. The molecule has 1 aromatic carbocycles. The van der Waals surface area contributed by atoms with Gasteiger partial charge in [-0.05, 0) is 13.0 Å². The fourth-order valence-electron chi connectivity index (χ4n) is 2.16. The molecule has 1 N–H and O–H groups in total. The van der Waals surface area contributed by atoms with Crippen LogP contribution in [-0.2, 0) is 0 Å². The molecule has 0 aliphatic heterocycles. The minimum absolute atomic E-state index is 0.149. The second kappa shape index (κ2) is 4.52. The molecular formula is C13H7F2NO4S. The van der Waals surface area contributed by atoms with Gasteiger partial charge in [-0.25, -0.2) is 13.6 Å². The van der Waals surface area contributed by atoms with Crippen molar-refractivity contribution < 1.29 is 23.4 Å². The van der Waals surface area contributed by atoms with Crippen molar-refractivity contribution >= 4 is 33.2 Å². The van der Waals surface area contributed by atoms with E-state index in [-0.39, 0.29) is 15.7 Å². The summed E-state index contributed by atoms with van der Waals surface area (Å²) in [5, 5.41) is 10.2. The minimum atomic E-state index is -1.65. The van der Waals surface area contributed by atoms with Crippen LogP contribution < -0.4 is 10.2 Å². The van der Waals surface area contributed by atoms with Crippen LogP contribution >= 0.6 is 11.3 Å². The van der Waals surface area contributed by atoms with Crippen molar-refractivity contribution in [1.82, 2.24) is 4.40 Å². The fourth-order valence-corrected chi connectivity index (χ4v) is 3.14. The van der Waals surface area contributed by atoms with E-state index in [4.69, 9.17) is 5.11 Å². The minimum Gasteiger partial charge on any atom is -0.449 e. The van der Waals surface area contributed by atoms with E-state index >= 15 is 0 Å². The average Bonchev–Trinajstić information content (AvgIpc) is 2.79.